The summed E-state index contributed by atoms with van der Waals surface area (Å²) in [6, 6.07) is 16.6. The van der Waals surface area contributed by atoms with Crippen LogP contribution in [0.2, 0.25) is 0 Å². The van der Waals surface area contributed by atoms with Crippen LogP contribution < -0.4 is 22.7 Å². The van der Waals surface area contributed by atoms with Gasteiger partial charge >= 0.3 is 19.1 Å². The second kappa shape index (κ2) is 32.6. The molecule has 9 aromatic rings. The summed E-state index contributed by atoms with van der Waals surface area (Å²) >= 11 is 18.8. The molecule has 0 saturated carbocycles. The van der Waals surface area contributed by atoms with Crippen molar-refractivity contribution in [2.75, 3.05) is 0 Å². The predicted octanol–water partition coefficient (Wildman–Crippen LogP) is 7.32. The van der Waals surface area contributed by atoms with Crippen LogP contribution in [-0.2, 0) is 102 Å². The quantitative estimate of drug-likeness (QED) is 0.0687. The zero-order valence-corrected chi connectivity index (χ0v) is 56.1. The summed E-state index contributed by atoms with van der Waals surface area (Å²) < 4.78 is 23.1. The zero-order chi connectivity index (χ0) is 64.7. The number of fused-ring (bicyclic) bond motifs is 3. The number of carbonyl (C=O) groups is 6. The number of nitrogens with zero attached hydrogens (tertiary/aromatic N) is 9. The number of hydrogen-bond donors (Lipinski definition) is 4. The third kappa shape index (κ3) is 20.0. The molecule has 3 aromatic carbocycles. The number of ketones is 1. The molecule has 22 nitrogen and oxygen atoms in total. The molecular formula is C58H64BBrN12O10S6. The second-order valence-electron chi connectivity index (χ2n) is 20.9. The van der Waals surface area contributed by atoms with Gasteiger partial charge in [0.25, 0.3) is 17.7 Å². The molecule has 7 heterocycles. The van der Waals surface area contributed by atoms with Gasteiger partial charge in [0.2, 0.25) is 0 Å². The van der Waals surface area contributed by atoms with E-state index in [0.717, 1.165) is 57.8 Å². The van der Waals surface area contributed by atoms with Gasteiger partial charge in [-0.05, 0) is 132 Å². The summed E-state index contributed by atoms with van der Waals surface area (Å²) in [6.07, 6.45) is 14.9. The van der Waals surface area contributed by atoms with Gasteiger partial charge in [0.05, 0.1) is 39.4 Å². The van der Waals surface area contributed by atoms with E-state index in [2.05, 4.69) is 90.6 Å². The van der Waals surface area contributed by atoms with E-state index in [-0.39, 0.29) is 56.5 Å². The number of ether oxygens (including phenoxy) is 1. The number of aromatic nitrogens is 9. The summed E-state index contributed by atoms with van der Waals surface area (Å²) in [5.74, 6) is -0.891. The molecular weight excluding hydrogens is 1310 g/mol. The first-order valence-corrected chi connectivity index (χ1v) is 30.9. The number of benzene rings is 3. The number of amides is 3. The van der Waals surface area contributed by atoms with E-state index in [1.807, 2.05) is 97.9 Å². The van der Waals surface area contributed by atoms with Crippen LogP contribution in [0.1, 0.15) is 97.0 Å². The minimum absolute atomic E-state index is 0. The highest BCUT2D eigenvalue weighted by Crippen LogP contribution is 2.31. The van der Waals surface area contributed by atoms with Crippen LogP contribution in [0.25, 0.3) is 55.0 Å². The summed E-state index contributed by atoms with van der Waals surface area (Å²) in [6.45, 7) is 18.3. The maximum Gasteiger partial charge on any atom is 0.494 e. The third-order valence-corrected chi connectivity index (χ3v) is 13.3. The number of carboxylic acids is 1. The fraction of sp³-hybridized carbons (Fsp3) is 0.276. The lowest BCUT2D eigenvalue weighted by Gasteiger charge is -2.21. The summed E-state index contributed by atoms with van der Waals surface area (Å²) in [7, 11) is 0.393. The van der Waals surface area contributed by atoms with Crippen LogP contribution in [-0.4, -0.2) is 109 Å². The molecule has 0 bridgehead atoms. The van der Waals surface area contributed by atoms with E-state index in [1.165, 1.54) is 17.7 Å². The van der Waals surface area contributed by atoms with Crippen molar-refractivity contribution in [1.29, 1.82) is 0 Å². The van der Waals surface area contributed by atoms with E-state index in [9.17, 15) is 28.8 Å². The molecule has 30 heteroatoms. The lowest BCUT2D eigenvalue weighted by atomic mass is 9.78. The summed E-state index contributed by atoms with van der Waals surface area (Å²) in [5.41, 5.74) is 22.8. The average Bonchev–Trinajstić information content (AvgIpc) is 2.00. The maximum absolute atomic E-state index is 12.2. The molecule has 6 aromatic heterocycles. The molecule has 88 heavy (non-hydrogen) atoms. The first-order chi connectivity index (χ1) is 41.0. The van der Waals surface area contributed by atoms with Crippen molar-refractivity contribution in [3.05, 3.63) is 149 Å². The molecule has 0 aliphatic carbocycles. The van der Waals surface area contributed by atoms with Crippen LogP contribution in [0.4, 0.5) is 0 Å². The van der Waals surface area contributed by atoms with E-state index >= 15 is 0 Å². The van der Waals surface area contributed by atoms with E-state index in [4.69, 9.17) is 36.4 Å². The number of nitrogens with two attached hydrogens (primary N) is 3. The van der Waals surface area contributed by atoms with Gasteiger partial charge in [-0.2, -0.15) is 13.5 Å². The number of primary amides is 3. The van der Waals surface area contributed by atoms with Gasteiger partial charge in [-0.15, -0.1) is 0 Å². The predicted molar refractivity (Wildman–Crippen MR) is 360 cm³/mol. The minimum Gasteiger partial charge on any atom is -0.480 e. The number of hydrogen-bond acceptors (Lipinski definition) is 19. The molecule has 1 unspecified atom stereocenters. The highest BCUT2D eigenvalue weighted by molar-refractivity contribution is 9.10. The Morgan fingerprint density at radius 2 is 1.01 bits per heavy atom. The highest BCUT2D eigenvalue weighted by Gasteiger charge is 2.44. The van der Waals surface area contributed by atoms with E-state index in [0.29, 0.717) is 44.6 Å². The number of halogens is 1. The second-order valence-corrected chi connectivity index (χ2v) is 23.6. The highest BCUT2D eigenvalue weighted by atomic mass is 79.9. The number of rotatable bonds is 12. The number of esters is 1. The largest absolute Gasteiger partial charge is 0.494 e. The topological polar surface area (TPSA) is 321 Å². The van der Waals surface area contributed by atoms with Gasteiger partial charge in [-0.3, -0.25) is 28.8 Å². The number of carboxylic acid groups (broad SMARTS) is 1. The Morgan fingerprint density at radius 1 is 0.648 bits per heavy atom. The zero-order valence-electron chi connectivity index (χ0n) is 49.5. The van der Waals surface area contributed by atoms with Crippen molar-refractivity contribution in [1.82, 2.24) is 43.6 Å². The van der Waals surface area contributed by atoms with Crippen LogP contribution >= 0.6 is 29.4 Å². The van der Waals surface area contributed by atoms with Crippen molar-refractivity contribution in [3.63, 3.8) is 0 Å². The molecule has 1 fully saturated rings. The van der Waals surface area contributed by atoms with E-state index in [1.54, 1.807) is 77.8 Å². The lowest BCUT2D eigenvalue weighted by molar-refractivity contribution is -0.155. The molecule has 1 aliphatic rings. The van der Waals surface area contributed by atoms with Gasteiger partial charge in [-0.1, -0.05) is 24.3 Å². The van der Waals surface area contributed by atoms with Gasteiger partial charge in [0.1, 0.15) is 41.9 Å². The van der Waals surface area contributed by atoms with Crippen LogP contribution in [0.5, 0.6) is 0 Å². The Balaban J connectivity index is 0.000000256. The Kier molecular flexibility index (Phi) is 27.0. The molecule has 10 rings (SSSR count). The van der Waals surface area contributed by atoms with Gasteiger partial charge in [-0.25, -0.2) is 29.9 Å². The molecule has 0 spiro atoms. The van der Waals surface area contributed by atoms with Crippen molar-refractivity contribution in [3.8, 4) is 22.3 Å². The normalized spacial score (nSPS) is 12.8. The first kappa shape index (κ1) is 72.9. The Labute approximate surface area is 546 Å². The fourth-order valence-corrected chi connectivity index (χ4v) is 8.85. The summed E-state index contributed by atoms with van der Waals surface area (Å²) in [5, 5.41) is 11.0. The number of Topliss-reactive ketones (excluding diaryl/α,β-unsaturated/α-hetero) is 1. The molecule has 1 atom stereocenters. The Morgan fingerprint density at radius 3 is 1.35 bits per heavy atom. The van der Waals surface area contributed by atoms with Gasteiger partial charge < -0.3 is 50.1 Å². The van der Waals surface area contributed by atoms with Crippen LogP contribution in [0, 0.1) is 20.8 Å². The van der Waals surface area contributed by atoms with Crippen LogP contribution in [0.3, 0.4) is 0 Å². The van der Waals surface area contributed by atoms with E-state index < -0.39 is 42.0 Å². The van der Waals surface area contributed by atoms with Crippen molar-refractivity contribution in [2.24, 2.45) is 17.2 Å². The number of aliphatic carboxylic acids is 1. The monoisotopic (exact) mass is 1370 g/mol. The van der Waals surface area contributed by atoms with Crippen molar-refractivity contribution in [2.45, 2.75) is 106 Å². The first-order valence-electron chi connectivity index (χ1n) is 26.1. The third-order valence-electron chi connectivity index (χ3n) is 12.8. The molecule has 1 aliphatic heterocycles. The maximum atomic E-state index is 12.2. The molecule has 462 valence electrons. The van der Waals surface area contributed by atoms with Crippen LogP contribution in [0.15, 0.2) is 115 Å². The Hall–Kier alpha value is -7.55. The minimum atomic E-state index is -0.992. The van der Waals surface area contributed by atoms with Crippen molar-refractivity contribution >= 4 is 164 Å². The molecule has 0 radical (unpaired) electrons. The molecule has 3 amide bonds. The lowest BCUT2D eigenvalue weighted by Crippen LogP contribution is -2.34. The number of carbonyl (C=O) groups excluding carboxylic acids is 5. The summed E-state index contributed by atoms with van der Waals surface area (Å²) in [4.78, 5) is 94.4. The SMILES string of the molecule is CC(=O)Cn1cc(C(N)=O)c2cc(-c3cnc(C)nc3)ccc21.CC1OB(c2ccc3c(c2)c(C(N)=O)cn3CC(=O)OC(C)(C)C)OC1(C)C.Cc1ncc(-c2ccc3c(c2)c(C(N)=O)cn3CC(=O)O)cn1.Cc1ncc(Br)cn1.S.S=S.S=S=S. The molecule has 1 saturated heterocycles. The van der Waals surface area contributed by atoms with Gasteiger partial charge in [0.15, 0.2) is 0 Å². The number of aryl methyl sites for hydroxylation is 3. The fourth-order valence-electron chi connectivity index (χ4n) is 8.65. The smallest absolute Gasteiger partial charge is 0.480 e. The average molecular weight is 1370 g/mol. The molecule has 7 N–H and O–H groups in total. The van der Waals surface area contributed by atoms with Gasteiger partial charge in [0, 0.05) is 153 Å². The van der Waals surface area contributed by atoms with Crippen molar-refractivity contribution < 1.29 is 47.9 Å². The standard InChI is InChI=1S/C20H27BN2O5.C17H16N4O2.C16H14N4O3.C5H5BrN2.S3.S2.H2S/c1-12-20(5,6)28-21(27-12)13-7-8-16-14(9-13)15(18(22)25)10-23(16)11-17(24)26-19(2,3)4;1-10(22)8-21-9-15(17(18)23)14-5-12(3-4-16(14)21)13-6-19-11(2)20-7-13;1-9-18-5-11(6-19-9)10-2-3-14-12(4-10)13(16(17)23)7-20(14)8-15(21)22;1-4-7-2-5(6)3-8-4;1-3-2;1-2;/h7-10,12H,11H2,1-6H3,(H2,22,25);3-7,9H,8H2,1-2H3,(H2,18,23);2-7H,8H2,1H3,(H2,17,23)(H,21,22);2-3H,1H3;;;1H2. The Bertz CT molecular complexity index is 3850.